The van der Waals surface area contributed by atoms with Gasteiger partial charge in [-0.15, -0.1) is 0 Å². The summed E-state index contributed by atoms with van der Waals surface area (Å²) in [6.07, 6.45) is 3.54. The van der Waals surface area contributed by atoms with E-state index in [0.29, 0.717) is 0 Å². The maximum atomic E-state index is 5.64. The molecule has 12 heavy (non-hydrogen) atoms. The molecule has 0 spiro atoms. The second-order valence-electron chi connectivity index (χ2n) is 3.12. The normalized spacial score (nSPS) is 10.7. The van der Waals surface area contributed by atoms with Crippen LogP contribution in [-0.4, -0.2) is 0 Å². The van der Waals surface area contributed by atoms with E-state index in [1.165, 1.54) is 27.7 Å². The molecule has 1 rings (SSSR count). The fraction of sp³-hybridized carbons (Fsp3) is 0.600. The number of rotatable bonds is 3. The summed E-state index contributed by atoms with van der Waals surface area (Å²) in [4.78, 5) is 0. The molecule has 0 aliphatic heterocycles. The van der Waals surface area contributed by atoms with Crippen molar-refractivity contribution in [1.29, 1.82) is 0 Å². The third kappa shape index (κ3) is 2.03. The summed E-state index contributed by atoms with van der Waals surface area (Å²) in [5.41, 5.74) is 1.31. The lowest BCUT2D eigenvalue weighted by molar-refractivity contribution is 0.473. The van der Waals surface area contributed by atoms with Gasteiger partial charge in [-0.1, -0.05) is 13.3 Å². The van der Waals surface area contributed by atoms with Gasteiger partial charge in [0, 0.05) is 12.0 Å². The molecule has 0 aliphatic carbocycles. The van der Waals surface area contributed by atoms with E-state index >= 15 is 0 Å². The lowest BCUT2D eigenvalue weighted by atomic mass is 10.2. The standard InChI is InChI=1S/C10H15IO/c1-4-5-6-9-10(11)7(2)8(3)12-9/h4-6H2,1-3H3. The summed E-state index contributed by atoms with van der Waals surface area (Å²) >= 11 is 2.37. The Morgan fingerprint density at radius 1 is 1.33 bits per heavy atom. The number of halogens is 1. The van der Waals surface area contributed by atoms with Crippen molar-refractivity contribution >= 4 is 22.6 Å². The molecule has 0 aromatic carbocycles. The van der Waals surface area contributed by atoms with E-state index in [9.17, 15) is 0 Å². The quantitative estimate of drug-likeness (QED) is 0.765. The van der Waals surface area contributed by atoms with Crippen LogP contribution in [0.1, 0.15) is 36.8 Å². The Morgan fingerprint density at radius 2 is 2.00 bits per heavy atom. The largest absolute Gasteiger partial charge is 0.465 e. The molecule has 0 saturated carbocycles. The van der Waals surface area contributed by atoms with Gasteiger partial charge in [0.15, 0.2) is 0 Å². The fourth-order valence-electron chi connectivity index (χ4n) is 1.17. The highest BCUT2D eigenvalue weighted by atomic mass is 127. The maximum absolute atomic E-state index is 5.64. The Hall–Kier alpha value is 0.01000. The van der Waals surface area contributed by atoms with Gasteiger partial charge in [-0.25, -0.2) is 0 Å². The van der Waals surface area contributed by atoms with Crippen molar-refractivity contribution < 1.29 is 4.42 Å². The zero-order chi connectivity index (χ0) is 9.14. The topological polar surface area (TPSA) is 13.1 Å². The van der Waals surface area contributed by atoms with E-state index in [2.05, 4.69) is 36.4 Å². The molecule has 2 heteroatoms. The third-order valence-corrected chi connectivity index (χ3v) is 3.55. The molecule has 0 amide bonds. The number of hydrogen-bond donors (Lipinski definition) is 0. The van der Waals surface area contributed by atoms with Crippen LogP contribution in [0.25, 0.3) is 0 Å². The van der Waals surface area contributed by atoms with Crippen molar-refractivity contribution in [3.05, 3.63) is 20.7 Å². The highest BCUT2D eigenvalue weighted by Crippen LogP contribution is 2.24. The maximum Gasteiger partial charge on any atom is 0.117 e. The Morgan fingerprint density at radius 3 is 2.42 bits per heavy atom. The average molecular weight is 278 g/mol. The van der Waals surface area contributed by atoms with Gasteiger partial charge in [0.1, 0.15) is 11.5 Å². The van der Waals surface area contributed by atoms with Crippen LogP contribution in [0.4, 0.5) is 0 Å². The zero-order valence-corrected chi connectivity index (χ0v) is 10.1. The summed E-state index contributed by atoms with van der Waals surface area (Å²) in [6.45, 7) is 6.36. The van der Waals surface area contributed by atoms with Crippen LogP contribution < -0.4 is 0 Å². The van der Waals surface area contributed by atoms with Crippen molar-refractivity contribution in [3.63, 3.8) is 0 Å². The Labute approximate surface area is 87.7 Å². The number of hydrogen-bond acceptors (Lipinski definition) is 1. The minimum absolute atomic E-state index is 1.07. The van der Waals surface area contributed by atoms with E-state index in [0.717, 1.165) is 12.2 Å². The van der Waals surface area contributed by atoms with Gasteiger partial charge in [0.05, 0.1) is 3.57 Å². The second-order valence-corrected chi connectivity index (χ2v) is 4.20. The van der Waals surface area contributed by atoms with Crippen LogP contribution in [0.2, 0.25) is 0 Å². The SMILES string of the molecule is CCCCc1oc(C)c(C)c1I. The van der Waals surface area contributed by atoms with Gasteiger partial charge in [0.25, 0.3) is 0 Å². The molecular weight excluding hydrogens is 263 g/mol. The smallest absolute Gasteiger partial charge is 0.117 e. The van der Waals surface area contributed by atoms with Crippen molar-refractivity contribution in [1.82, 2.24) is 0 Å². The van der Waals surface area contributed by atoms with Gasteiger partial charge >= 0.3 is 0 Å². The zero-order valence-electron chi connectivity index (χ0n) is 7.91. The van der Waals surface area contributed by atoms with Crippen LogP contribution in [0.15, 0.2) is 4.42 Å². The number of aryl methyl sites for hydroxylation is 2. The highest BCUT2D eigenvalue weighted by molar-refractivity contribution is 14.1. The first-order valence-electron chi connectivity index (χ1n) is 4.41. The van der Waals surface area contributed by atoms with Crippen molar-refractivity contribution in [3.8, 4) is 0 Å². The molecule has 0 N–H and O–H groups in total. The van der Waals surface area contributed by atoms with Crippen LogP contribution in [0.3, 0.4) is 0 Å². The molecule has 0 atom stereocenters. The molecule has 0 bridgehead atoms. The fourth-order valence-corrected chi connectivity index (χ4v) is 1.93. The molecule has 68 valence electrons. The summed E-state index contributed by atoms with van der Waals surface area (Å²) in [6, 6.07) is 0. The molecule has 0 radical (unpaired) electrons. The first kappa shape index (κ1) is 10.1. The van der Waals surface area contributed by atoms with Crippen molar-refractivity contribution in [2.75, 3.05) is 0 Å². The third-order valence-electron chi connectivity index (χ3n) is 2.14. The number of unbranched alkanes of at least 4 members (excludes halogenated alkanes) is 1. The minimum Gasteiger partial charge on any atom is -0.465 e. The summed E-state index contributed by atoms with van der Waals surface area (Å²) in [7, 11) is 0. The van der Waals surface area contributed by atoms with Crippen LogP contribution in [0, 0.1) is 17.4 Å². The van der Waals surface area contributed by atoms with E-state index in [1.807, 2.05) is 6.92 Å². The average Bonchev–Trinajstić information content (AvgIpc) is 2.30. The monoisotopic (exact) mass is 278 g/mol. The lowest BCUT2D eigenvalue weighted by Crippen LogP contribution is -1.84. The summed E-state index contributed by atoms with van der Waals surface area (Å²) in [5.74, 6) is 2.25. The molecule has 0 fully saturated rings. The first-order chi connectivity index (χ1) is 5.66. The molecule has 1 heterocycles. The van der Waals surface area contributed by atoms with E-state index in [4.69, 9.17) is 4.42 Å². The number of furan rings is 1. The molecule has 1 nitrogen and oxygen atoms in total. The van der Waals surface area contributed by atoms with Gasteiger partial charge < -0.3 is 4.42 Å². The Bertz CT molecular complexity index is 263. The lowest BCUT2D eigenvalue weighted by Gasteiger charge is -1.94. The van der Waals surface area contributed by atoms with E-state index in [1.54, 1.807) is 0 Å². The van der Waals surface area contributed by atoms with Gasteiger partial charge in [-0.3, -0.25) is 0 Å². The predicted octanol–water partition coefficient (Wildman–Crippen LogP) is 3.84. The van der Waals surface area contributed by atoms with Gasteiger partial charge in [-0.2, -0.15) is 0 Å². The van der Waals surface area contributed by atoms with E-state index < -0.39 is 0 Å². The van der Waals surface area contributed by atoms with Crippen LogP contribution in [0.5, 0.6) is 0 Å². The molecule has 1 aromatic heterocycles. The van der Waals surface area contributed by atoms with Crippen LogP contribution >= 0.6 is 22.6 Å². The van der Waals surface area contributed by atoms with Gasteiger partial charge in [0.2, 0.25) is 0 Å². The molecule has 0 unspecified atom stereocenters. The molecular formula is C10H15IO. The van der Waals surface area contributed by atoms with Crippen LogP contribution in [-0.2, 0) is 6.42 Å². The van der Waals surface area contributed by atoms with Crippen molar-refractivity contribution in [2.45, 2.75) is 40.0 Å². The summed E-state index contributed by atoms with van der Waals surface area (Å²) < 4.78 is 6.96. The predicted molar refractivity (Wildman–Crippen MR) is 59.5 cm³/mol. The molecule has 0 saturated heterocycles. The van der Waals surface area contributed by atoms with E-state index in [-0.39, 0.29) is 0 Å². The Balaban J connectivity index is 2.79. The minimum atomic E-state index is 1.07. The summed E-state index contributed by atoms with van der Waals surface area (Å²) in [5, 5.41) is 0. The van der Waals surface area contributed by atoms with Crippen molar-refractivity contribution in [2.24, 2.45) is 0 Å². The second kappa shape index (κ2) is 4.30. The Kier molecular flexibility index (Phi) is 3.62. The molecule has 1 aromatic rings. The molecule has 0 aliphatic rings. The first-order valence-corrected chi connectivity index (χ1v) is 5.49. The van der Waals surface area contributed by atoms with Gasteiger partial charge in [-0.05, 0) is 42.9 Å². The highest BCUT2D eigenvalue weighted by Gasteiger charge is 2.10.